The molecule has 27 heavy (non-hydrogen) atoms. The highest BCUT2D eigenvalue weighted by molar-refractivity contribution is 5.95. The number of nitrogens with two attached hydrogens (primary N) is 1. The first-order valence-corrected chi connectivity index (χ1v) is 8.95. The number of carbonyl (C=O) groups excluding carboxylic acids is 1. The minimum absolute atomic E-state index is 0. The second-order valence-electron chi connectivity index (χ2n) is 7.87. The van der Waals surface area contributed by atoms with Crippen LogP contribution < -0.4 is 15.9 Å². The van der Waals surface area contributed by atoms with Crippen LogP contribution in [0.25, 0.3) is 0 Å². The number of primary amides is 1. The lowest BCUT2D eigenvalue weighted by atomic mass is 9.49. The molecule has 1 aromatic rings. The normalized spacial score (nSPS) is 37.2. The van der Waals surface area contributed by atoms with Crippen molar-refractivity contribution in [2.45, 2.75) is 48.8 Å². The molecule has 0 aromatic heterocycles. The fourth-order valence-corrected chi connectivity index (χ4v) is 5.79. The number of rotatable bonds is 1. The molecule has 1 saturated carbocycles. The van der Waals surface area contributed by atoms with E-state index in [9.17, 15) is 15.0 Å². The van der Waals surface area contributed by atoms with Gasteiger partial charge in [-0.15, -0.1) is 12.4 Å². The highest BCUT2D eigenvalue weighted by Gasteiger charge is 2.72. The predicted octanol–water partition coefficient (Wildman–Crippen LogP) is 0.622. The first-order chi connectivity index (χ1) is 12.4. The number of phenolic OH excluding ortho intramolecular Hbond substituents is 1. The highest BCUT2D eigenvalue weighted by atomic mass is 35.5. The Hall–Kier alpha value is -2.03. The van der Waals surface area contributed by atoms with E-state index in [1.165, 1.54) is 0 Å². The van der Waals surface area contributed by atoms with Gasteiger partial charge in [-0.05, 0) is 50.9 Å². The Bertz CT molecular complexity index is 862. The van der Waals surface area contributed by atoms with E-state index < -0.39 is 23.2 Å². The summed E-state index contributed by atoms with van der Waals surface area (Å²) in [4.78, 5) is 13.3. The van der Waals surface area contributed by atoms with Crippen molar-refractivity contribution in [3.63, 3.8) is 0 Å². The number of aromatic hydroxyl groups is 1. The number of nitrogens with one attached hydrogen (secondary N) is 1. The molecule has 2 bridgehead atoms. The van der Waals surface area contributed by atoms with E-state index in [4.69, 9.17) is 10.5 Å². The quantitative estimate of drug-likeness (QED) is 0.520. The topological polar surface area (TPSA) is 120 Å². The Labute approximate surface area is 162 Å². The molecule has 4 atom stereocenters. The van der Waals surface area contributed by atoms with Gasteiger partial charge in [0.1, 0.15) is 0 Å². The zero-order valence-electron chi connectivity index (χ0n) is 14.9. The molecule has 146 valence electrons. The van der Waals surface area contributed by atoms with E-state index in [0.29, 0.717) is 30.7 Å². The van der Waals surface area contributed by atoms with Gasteiger partial charge in [0.15, 0.2) is 17.6 Å². The van der Waals surface area contributed by atoms with Gasteiger partial charge in [-0.2, -0.15) is 5.10 Å². The number of aliphatic hydroxyl groups is 1. The van der Waals surface area contributed by atoms with Crippen molar-refractivity contribution >= 4 is 24.1 Å². The zero-order chi connectivity index (χ0) is 18.3. The maximum atomic E-state index is 11.9. The summed E-state index contributed by atoms with van der Waals surface area (Å²) < 4.78 is 6.20. The molecule has 2 heterocycles. The molecule has 2 fully saturated rings. The van der Waals surface area contributed by atoms with Crippen molar-refractivity contribution in [1.82, 2.24) is 10.3 Å². The molecule has 1 saturated heterocycles. The van der Waals surface area contributed by atoms with E-state index in [2.05, 4.69) is 15.4 Å². The van der Waals surface area contributed by atoms with Crippen LogP contribution in [-0.2, 0) is 11.8 Å². The summed E-state index contributed by atoms with van der Waals surface area (Å²) in [5.74, 6) is 0.525. The van der Waals surface area contributed by atoms with Gasteiger partial charge in [0.25, 0.3) is 0 Å². The number of hydrogen-bond acceptors (Lipinski definition) is 6. The first-order valence-electron chi connectivity index (χ1n) is 8.95. The molecule has 5 rings (SSSR count). The summed E-state index contributed by atoms with van der Waals surface area (Å²) in [5, 5.41) is 26.5. The summed E-state index contributed by atoms with van der Waals surface area (Å²) in [5.41, 5.74) is 8.51. The van der Waals surface area contributed by atoms with Gasteiger partial charge in [-0.1, -0.05) is 6.07 Å². The average molecular weight is 395 g/mol. The maximum absolute atomic E-state index is 11.9. The first kappa shape index (κ1) is 18.3. The van der Waals surface area contributed by atoms with Crippen LogP contribution in [0.3, 0.4) is 0 Å². The molecule has 4 aliphatic rings. The molecular weight excluding hydrogens is 372 g/mol. The van der Waals surface area contributed by atoms with Crippen molar-refractivity contribution < 1.29 is 19.7 Å². The van der Waals surface area contributed by atoms with Crippen molar-refractivity contribution in [3.8, 4) is 11.5 Å². The SMILES string of the molecule is CN1CCC23c4c5ccc(O)c4O[C@H]2/C(=N\NC(N)=O)CC[C@@]3(O)C1C5.Cl. The summed E-state index contributed by atoms with van der Waals surface area (Å²) >= 11 is 0. The Balaban J connectivity index is 0.00000180. The summed E-state index contributed by atoms with van der Waals surface area (Å²) in [7, 11) is 2.05. The molecule has 2 aliphatic heterocycles. The van der Waals surface area contributed by atoms with E-state index >= 15 is 0 Å². The van der Waals surface area contributed by atoms with Gasteiger partial charge in [0, 0.05) is 11.6 Å². The van der Waals surface area contributed by atoms with Crippen LogP contribution >= 0.6 is 12.4 Å². The maximum Gasteiger partial charge on any atom is 0.332 e. The lowest BCUT2D eigenvalue weighted by molar-refractivity contribution is -0.160. The van der Waals surface area contributed by atoms with Gasteiger partial charge in [-0.3, -0.25) is 0 Å². The van der Waals surface area contributed by atoms with Gasteiger partial charge in [0.2, 0.25) is 0 Å². The van der Waals surface area contributed by atoms with Gasteiger partial charge in [-0.25, -0.2) is 10.2 Å². The fourth-order valence-electron chi connectivity index (χ4n) is 5.79. The number of amides is 2. The number of nitrogens with zero attached hydrogens (tertiary/aromatic N) is 2. The van der Waals surface area contributed by atoms with E-state index in [1.54, 1.807) is 6.07 Å². The van der Waals surface area contributed by atoms with Gasteiger partial charge < -0.3 is 25.6 Å². The third-order valence-electron chi connectivity index (χ3n) is 6.86. The Kier molecular flexibility index (Phi) is 3.89. The van der Waals surface area contributed by atoms with Crippen LogP contribution in [0.15, 0.2) is 17.2 Å². The van der Waals surface area contributed by atoms with Crippen molar-refractivity contribution in [1.29, 1.82) is 0 Å². The third-order valence-corrected chi connectivity index (χ3v) is 6.86. The molecular formula is C18H23ClN4O4. The predicted molar refractivity (Wildman–Crippen MR) is 101 cm³/mol. The number of phenols is 1. The van der Waals surface area contributed by atoms with Crippen molar-refractivity contribution in [3.05, 3.63) is 23.3 Å². The molecule has 1 spiro atoms. The highest BCUT2D eigenvalue weighted by Crippen LogP contribution is 2.64. The smallest absolute Gasteiger partial charge is 0.332 e. The molecule has 8 nitrogen and oxygen atoms in total. The lowest BCUT2D eigenvalue weighted by Crippen LogP contribution is -2.76. The number of ether oxygens (including phenoxy) is 1. The fraction of sp³-hybridized carbons (Fsp3) is 0.556. The summed E-state index contributed by atoms with van der Waals surface area (Å²) in [6.45, 7) is 0.817. The molecule has 5 N–H and O–H groups in total. The minimum atomic E-state index is -0.970. The van der Waals surface area contributed by atoms with Crippen LogP contribution in [0.4, 0.5) is 4.79 Å². The van der Waals surface area contributed by atoms with E-state index in [1.807, 2.05) is 13.1 Å². The minimum Gasteiger partial charge on any atom is -0.504 e. The van der Waals surface area contributed by atoms with E-state index in [0.717, 1.165) is 24.1 Å². The second-order valence-corrected chi connectivity index (χ2v) is 7.87. The number of urea groups is 1. The molecule has 2 amide bonds. The largest absolute Gasteiger partial charge is 0.504 e. The van der Waals surface area contributed by atoms with Crippen molar-refractivity contribution in [2.75, 3.05) is 13.6 Å². The van der Waals surface area contributed by atoms with Crippen LogP contribution in [0.2, 0.25) is 0 Å². The zero-order valence-corrected chi connectivity index (χ0v) is 15.8. The molecule has 1 aromatic carbocycles. The number of halogens is 1. The second kappa shape index (κ2) is 5.73. The molecule has 2 unspecified atom stereocenters. The molecule has 0 radical (unpaired) electrons. The number of hydrazone groups is 1. The van der Waals surface area contributed by atoms with Crippen LogP contribution in [0.1, 0.15) is 30.4 Å². The Morgan fingerprint density at radius 2 is 2.22 bits per heavy atom. The molecule has 9 heteroatoms. The van der Waals surface area contributed by atoms with Gasteiger partial charge in [0.05, 0.1) is 16.7 Å². The van der Waals surface area contributed by atoms with Crippen LogP contribution in [-0.4, -0.2) is 58.2 Å². The number of carbonyl (C=O) groups is 1. The summed E-state index contributed by atoms with van der Waals surface area (Å²) in [6.07, 6.45) is 1.92. The number of benzene rings is 1. The Morgan fingerprint density at radius 1 is 1.44 bits per heavy atom. The molecule has 2 aliphatic carbocycles. The number of piperidine rings is 1. The van der Waals surface area contributed by atoms with Gasteiger partial charge >= 0.3 is 6.03 Å². The third kappa shape index (κ3) is 2.06. The number of likely N-dealkylation sites (N-methyl/N-ethyl adjacent to an activating group) is 1. The van der Waals surface area contributed by atoms with Crippen LogP contribution in [0.5, 0.6) is 11.5 Å². The Morgan fingerprint density at radius 3 is 2.96 bits per heavy atom. The average Bonchev–Trinajstić information content (AvgIpc) is 2.95. The lowest BCUT2D eigenvalue weighted by Gasteiger charge is -2.62. The van der Waals surface area contributed by atoms with E-state index in [-0.39, 0.29) is 24.2 Å². The number of likely N-dealkylation sites (tertiary alicyclic amines) is 1. The van der Waals surface area contributed by atoms with Crippen molar-refractivity contribution in [2.24, 2.45) is 10.8 Å². The monoisotopic (exact) mass is 394 g/mol. The van der Waals surface area contributed by atoms with Crippen LogP contribution in [0, 0.1) is 0 Å². The summed E-state index contributed by atoms with van der Waals surface area (Å²) in [6, 6.07) is 2.83. The standard InChI is InChI=1S/C18H22N4O4.ClH/c1-22-7-6-17-13-9-2-3-11(23)14(13)26-15(17)10(20-21-16(19)24)4-5-18(17,25)12(22)8-9;/h2-3,12,15,23,25H,4-8H2,1H3,(H3,19,21,24);1H/b20-10-;/t12?,15-,17?,18+;/m0./s1. The number of hydrogen-bond donors (Lipinski definition) is 4.